The van der Waals surface area contributed by atoms with E-state index in [-0.39, 0.29) is 18.1 Å². The molecule has 0 amide bonds. The number of hydrogen-bond donors (Lipinski definition) is 2. The molecule has 0 aliphatic carbocycles. The van der Waals surface area contributed by atoms with E-state index >= 15 is 0 Å². The van der Waals surface area contributed by atoms with E-state index in [0.717, 1.165) is 0 Å². The van der Waals surface area contributed by atoms with Crippen LogP contribution in [0, 0.1) is 5.82 Å². The highest BCUT2D eigenvalue weighted by Gasteiger charge is 2.26. The van der Waals surface area contributed by atoms with Gasteiger partial charge in [0, 0.05) is 6.04 Å². The molecule has 1 aromatic carbocycles. The van der Waals surface area contributed by atoms with Gasteiger partial charge >= 0.3 is 0 Å². The number of para-hydroxylation sites is 1. The van der Waals surface area contributed by atoms with Crippen molar-refractivity contribution >= 4 is 10.0 Å². The average Bonchev–Trinajstić information content (AvgIpc) is 2.29. The molecule has 0 saturated carbocycles. The smallest absolute Gasteiger partial charge is 0.215 e. The predicted octanol–water partition coefficient (Wildman–Crippen LogP) is 1.28. The van der Waals surface area contributed by atoms with E-state index in [0.29, 0.717) is 0 Å². The lowest BCUT2D eigenvalue weighted by atomic mass is 10.0. The quantitative estimate of drug-likeness (QED) is 0.796. The van der Waals surface area contributed by atoms with Crippen molar-refractivity contribution in [1.82, 2.24) is 4.72 Å². The lowest BCUT2D eigenvalue weighted by Crippen LogP contribution is -2.48. The molecular formula is C13H20FNO4S. The number of rotatable bonds is 7. The van der Waals surface area contributed by atoms with Crippen LogP contribution in [-0.4, -0.2) is 37.5 Å². The molecule has 114 valence electrons. The number of nitrogens with one attached hydrogen (secondary N) is 1. The molecule has 0 heterocycles. The third kappa shape index (κ3) is 5.44. The van der Waals surface area contributed by atoms with E-state index in [1.54, 1.807) is 13.0 Å². The number of aliphatic hydroxyl groups is 1. The Morgan fingerprint density at radius 1 is 1.40 bits per heavy atom. The molecule has 0 fully saturated rings. The van der Waals surface area contributed by atoms with Gasteiger partial charge in [-0.15, -0.1) is 0 Å². The zero-order valence-electron chi connectivity index (χ0n) is 11.8. The van der Waals surface area contributed by atoms with Crippen LogP contribution in [0.1, 0.15) is 20.8 Å². The third-order valence-electron chi connectivity index (χ3n) is 2.86. The van der Waals surface area contributed by atoms with Crippen LogP contribution in [0.5, 0.6) is 5.75 Å². The highest BCUT2D eigenvalue weighted by molar-refractivity contribution is 7.89. The zero-order chi connectivity index (χ0) is 15.4. The fourth-order valence-electron chi connectivity index (χ4n) is 1.30. The van der Waals surface area contributed by atoms with E-state index < -0.39 is 27.5 Å². The summed E-state index contributed by atoms with van der Waals surface area (Å²) in [7, 11) is -3.60. The topological polar surface area (TPSA) is 75.6 Å². The summed E-state index contributed by atoms with van der Waals surface area (Å²) >= 11 is 0. The molecule has 0 aliphatic heterocycles. The van der Waals surface area contributed by atoms with Gasteiger partial charge in [0.2, 0.25) is 10.0 Å². The van der Waals surface area contributed by atoms with Crippen LogP contribution < -0.4 is 9.46 Å². The Morgan fingerprint density at radius 2 is 2.00 bits per heavy atom. The molecule has 1 aromatic rings. The fraction of sp³-hybridized carbons (Fsp3) is 0.538. The van der Waals surface area contributed by atoms with Crippen molar-refractivity contribution in [2.24, 2.45) is 0 Å². The summed E-state index contributed by atoms with van der Waals surface area (Å²) in [6.45, 7) is 4.41. The Bertz CT molecular complexity index is 540. The van der Waals surface area contributed by atoms with Crippen molar-refractivity contribution in [3.05, 3.63) is 30.1 Å². The molecule has 0 aliphatic rings. The van der Waals surface area contributed by atoms with Crippen LogP contribution in [0.25, 0.3) is 0 Å². The van der Waals surface area contributed by atoms with E-state index in [1.165, 1.54) is 32.0 Å². The van der Waals surface area contributed by atoms with Gasteiger partial charge in [0.1, 0.15) is 6.61 Å². The van der Waals surface area contributed by atoms with Crippen molar-refractivity contribution < 1.29 is 22.7 Å². The van der Waals surface area contributed by atoms with E-state index in [2.05, 4.69) is 4.72 Å². The lowest BCUT2D eigenvalue weighted by molar-refractivity contribution is 0.0523. The number of ether oxygens (including phenoxy) is 1. The minimum absolute atomic E-state index is 0.0123. The highest BCUT2D eigenvalue weighted by Crippen LogP contribution is 2.15. The monoisotopic (exact) mass is 305 g/mol. The van der Waals surface area contributed by atoms with Gasteiger partial charge in [-0.25, -0.2) is 17.5 Å². The molecule has 0 saturated heterocycles. The van der Waals surface area contributed by atoms with Crippen LogP contribution in [0.3, 0.4) is 0 Å². The summed E-state index contributed by atoms with van der Waals surface area (Å²) in [5, 5.41) is 9.68. The molecular weight excluding hydrogens is 285 g/mol. The van der Waals surface area contributed by atoms with E-state index in [9.17, 15) is 17.9 Å². The third-order valence-corrected chi connectivity index (χ3v) is 4.28. The second-order valence-electron chi connectivity index (χ2n) is 5.09. The van der Waals surface area contributed by atoms with Crippen LogP contribution in [0.2, 0.25) is 0 Å². The number of sulfonamides is 1. The van der Waals surface area contributed by atoms with Crippen LogP contribution >= 0.6 is 0 Å². The van der Waals surface area contributed by atoms with Gasteiger partial charge in [-0.1, -0.05) is 12.1 Å². The highest BCUT2D eigenvalue weighted by atomic mass is 32.2. The predicted molar refractivity (Wildman–Crippen MR) is 74.6 cm³/mol. The Labute approximate surface area is 118 Å². The summed E-state index contributed by atoms with van der Waals surface area (Å²) in [5.41, 5.74) is -1.17. The van der Waals surface area contributed by atoms with Crippen molar-refractivity contribution in [2.75, 3.05) is 12.4 Å². The Kier molecular flexibility index (Phi) is 5.50. The molecule has 0 spiro atoms. The molecule has 1 rings (SSSR count). The summed E-state index contributed by atoms with van der Waals surface area (Å²) < 4.78 is 44.2. The molecule has 0 aromatic heterocycles. The van der Waals surface area contributed by atoms with E-state index in [4.69, 9.17) is 4.74 Å². The van der Waals surface area contributed by atoms with Gasteiger partial charge in [0.15, 0.2) is 11.6 Å². The number of halogens is 1. The summed E-state index contributed by atoms with van der Waals surface area (Å²) in [6, 6.07) is 5.14. The van der Waals surface area contributed by atoms with Crippen LogP contribution in [0.15, 0.2) is 24.3 Å². The van der Waals surface area contributed by atoms with Gasteiger partial charge in [-0.05, 0) is 32.9 Å². The standard InChI is InChI=1S/C13H20FNO4S/c1-10(13(2,3)16)15-20(17,18)9-8-19-12-7-5-4-6-11(12)14/h4-7,10,15-16H,8-9H2,1-3H3. The number of hydrogen-bond acceptors (Lipinski definition) is 4. The molecule has 0 radical (unpaired) electrons. The van der Waals surface area contributed by atoms with Crippen LogP contribution in [0.4, 0.5) is 4.39 Å². The van der Waals surface area contributed by atoms with Crippen molar-refractivity contribution in [3.8, 4) is 5.75 Å². The maximum Gasteiger partial charge on any atom is 0.215 e. The zero-order valence-corrected chi connectivity index (χ0v) is 12.6. The van der Waals surface area contributed by atoms with E-state index in [1.807, 2.05) is 0 Å². The van der Waals surface area contributed by atoms with Gasteiger partial charge in [0.05, 0.1) is 11.4 Å². The molecule has 1 atom stereocenters. The molecule has 1 unspecified atom stereocenters. The summed E-state index contributed by atoms with van der Waals surface area (Å²) in [5.74, 6) is -0.845. The Morgan fingerprint density at radius 3 is 2.55 bits per heavy atom. The minimum atomic E-state index is -3.60. The first kappa shape index (κ1) is 16.9. The van der Waals surface area contributed by atoms with Crippen molar-refractivity contribution in [1.29, 1.82) is 0 Å². The van der Waals surface area contributed by atoms with Crippen molar-refractivity contribution in [2.45, 2.75) is 32.4 Å². The Hall–Kier alpha value is -1.18. The first-order valence-electron chi connectivity index (χ1n) is 6.21. The molecule has 2 N–H and O–H groups in total. The molecule has 20 heavy (non-hydrogen) atoms. The normalized spacial score (nSPS) is 14.1. The van der Waals surface area contributed by atoms with Gasteiger partial charge in [-0.2, -0.15) is 0 Å². The first-order valence-corrected chi connectivity index (χ1v) is 7.87. The van der Waals surface area contributed by atoms with Gasteiger partial charge in [-0.3, -0.25) is 0 Å². The fourth-order valence-corrected chi connectivity index (χ4v) is 2.54. The largest absolute Gasteiger partial charge is 0.489 e. The second-order valence-corrected chi connectivity index (χ2v) is 6.96. The number of benzene rings is 1. The second kappa shape index (κ2) is 6.51. The molecule has 5 nitrogen and oxygen atoms in total. The lowest BCUT2D eigenvalue weighted by Gasteiger charge is -2.26. The average molecular weight is 305 g/mol. The maximum absolute atomic E-state index is 13.3. The molecule has 0 bridgehead atoms. The van der Waals surface area contributed by atoms with Gasteiger partial charge < -0.3 is 9.84 Å². The minimum Gasteiger partial charge on any atom is -0.489 e. The van der Waals surface area contributed by atoms with Crippen molar-refractivity contribution in [3.63, 3.8) is 0 Å². The SMILES string of the molecule is CC(NS(=O)(=O)CCOc1ccccc1F)C(C)(C)O. The van der Waals surface area contributed by atoms with Gasteiger partial charge in [0.25, 0.3) is 0 Å². The summed E-state index contributed by atoms with van der Waals surface area (Å²) in [4.78, 5) is 0. The first-order chi connectivity index (χ1) is 9.12. The Balaban J connectivity index is 2.51. The maximum atomic E-state index is 13.3. The summed E-state index contributed by atoms with van der Waals surface area (Å²) in [6.07, 6.45) is 0. The van der Waals surface area contributed by atoms with Crippen LogP contribution in [-0.2, 0) is 10.0 Å². The molecule has 7 heteroatoms.